The number of aromatic amines is 1. The van der Waals surface area contributed by atoms with Crippen LogP contribution in [-0.4, -0.2) is 16.1 Å². The number of amides is 1. The number of nitrogens with one attached hydrogen (secondary N) is 2. The van der Waals surface area contributed by atoms with Crippen LogP contribution >= 0.6 is 0 Å². The number of anilines is 1. The van der Waals surface area contributed by atoms with E-state index >= 15 is 0 Å². The van der Waals surface area contributed by atoms with E-state index in [2.05, 4.69) is 15.5 Å². The SMILES string of the molecule is Cc1[nH]ncc1C(=O)Nc1cccc(F)c1C#N. The third kappa shape index (κ3) is 2.06. The number of rotatable bonds is 2. The van der Waals surface area contributed by atoms with E-state index in [4.69, 9.17) is 5.26 Å². The van der Waals surface area contributed by atoms with Gasteiger partial charge >= 0.3 is 0 Å². The summed E-state index contributed by atoms with van der Waals surface area (Å²) in [5.41, 5.74) is 0.903. The molecule has 18 heavy (non-hydrogen) atoms. The highest BCUT2D eigenvalue weighted by Crippen LogP contribution is 2.18. The second-order valence-electron chi connectivity index (χ2n) is 3.64. The lowest BCUT2D eigenvalue weighted by molar-refractivity contribution is 0.102. The Balaban J connectivity index is 2.31. The van der Waals surface area contributed by atoms with E-state index in [0.717, 1.165) is 6.07 Å². The van der Waals surface area contributed by atoms with Crippen molar-refractivity contribution in [3.05, 3.63) is 47.0 Å². The highest BCUT2D eigenvalue weighted by atomic mass is 19.1. The summed E-state index contributed by atoms with van der Waals surface area (Å²) in [6, 6.07) is 5.77. The van der Waals surface area contributed by atoms with Crippen molar-refractivity contribution in [2.24, 2.45) is 0 Å². The van der Waals surface area contributed by atoms with Crippen molar-refractivity contribution in [1.82, 2.24) is 10.2 Å². The molecule has 90 valence electrons. The van der Waals surface area contributed by atoms with E-state index < -0.39 is 11.7 Å². The second-order valence-corrected chi connectivity index (χ2v) is 3.64. The van der Waals surface area contributed by atoms with E-state index in [1.165, 1.54) is 18.3 Å². The molecule has 5 nitrogen and oxygen atoms in total. The first-order chi connectivity index (χ1) is 8.63. The molecular weight excluding hydrogens is 235 g/mol. The minimum Gasteiger partial charge on any atom is -0.321 e. The average Bonchev–Trinajstić information content (AvgIpc) is 2.76. The fraction of sp³-hybridized carbons (Fsp3) is 0.0833. The van der Waals surface area contributed by atoms with E-state index in [0.29, 0.717) is 11.3 Å². The van der Waals surface area contributed by atoms with Crippen LogP contribution in [0.5, 0.6) is 0 Å². The smallest absolute Gasteiger partial charge is 0.259 e. The zero-order chi connectivity index (χ0) is 13.1. The topological polar surface area (TPSA) is 81.6 Å². The molecule has 0 spiro atoms. The number of carbonyl (C=O) groups excluding carboxylic acids is 1. The number of H-pyrrole nitrogens is 1. The third-order valence-electron chi connectivity index (χ3n) is 2.45. The van der Waals surface area contributed by atoms with Crippen molar-refractivity contribution >= 4 is 11.6 Å². The molecule has 0 saturated heterocycles. The highest BCUT2D eigenvalue weighted by Gasteiger charge is 2.14. The Morgan fingerprint density at radius 2 is 2.33 bits per heavy atom. The first-order valence-electron chi connectivity index (χ1n) is 5.13. The van der Waals surface area contributed by atoms with Gasteiger partial charge in [0.15, 0.2) is 0 Å². The lowest BCUT2D eigenvalue weighted by atomic mass is 10.1. The van der Waals surface area contributed by atoms with E-state index in [9.17, 15) is 9.18 Å². The summed E-state index contributed by atoms with van der Waals surface area (Å²) in [6.45, 7) is 1.69. The Labute approximate surface area is 102 Å². The van der Waals surface area contributed by atoms with Crippen LogP contribution in [0.2, 0.25) is 0 Å². The normalized spacial score (nSPS) is 9.83. The first kappa shape index (κ1) is 11.8. The molecule has 1 aromatic heterocycles. The van der Waals surface area contributed by atoms with Gasteiger partial charge in [-0.15, -0.1) is 0 Å². The van der Waals surface area contributed by atoms with Crippen molar-refractivity contribution in [2.45, 2.75) is 6.92 Å². The summed E-state index contributed by atoms with van der Waals surface area (Å²) >= 11 is 0. The number of aromatic nitrogens is 2. The van der Waals surface area contributed by atoms with Crippen LogP contribution in [0.4, 0.5) is 10.1 Å². The van der Waals surface area contributed by atoms with Crippen molar-refractivity contribution in [1.29, 1.82) is 5.26 Å². The molecule has 0 aliphatic rings. The zero-order valence-electron chi connectivity index (χ0n) is 9.49. The lowest BCUT2D eigenvalue weighted by Gasteiger charge is -2.06. The van der Waals surface area contributed by atoms with Gasteiger partial charge in [0.25, 0.3) is 5.91 Å². The van der Waals surface area contributed by atoms with E-state index in [1.807, 2.05) is 0 Å². The number of hydrogen-bond acceptors (Lipinski definition) is 3. The fourth-order valence-corrected chi connectivity index (χ4v) is 1.51. The Bertz CT molecular complexity index is 642. The van der Waals surface area contributed by atoms with Gasteiger partial charge in [0.05, 0.1) is 17.4 Å². The van der Waals surface area contributed by atoms with Gasteiger partial charge in [-0.1, -0.05) is 6.07 Å². The van der Waals surface area contributed by atoms with Gasteiger partial charge < -0.3 is 5.32 Å². The van der Waals surface area contributed by atoms with Gasteiger partial charge in [0, 0.05) is 5.69 Å². The van der Waals surface area contributed by atoms with Crippen molar-refractivity contribution in [3.63, 3.8) is 0 Å². The Hall–Kier alpha value is -2.68. The van der Waals surface area contributed by atoms with Crippen LogP contribution in [0.25, 0.3) is 0 Å². The van der Waals surface area contributed by atoms with Gasteiger partial charge in [0.2, 0.25) is 0 Å². The monoisotopic (exact) mass is 244 g/mol. The lowest BCUT2D eigenvalue weighted by Crippen LogP contribution is -2.13. The van der Waals surface area contributed by atoms with Gasteiger partial charge in [-0.3, -0.25) is 9.89 Å². The van der Waals surface area contributed by atoms with Crippen molar-refractivity contribution in [3.8, 4) is 6.07 Å². The predicted octanol–water partition coefficient (Wildman–Crippen LogP) is 1.98. The van der Waals surface area contributed by atoms with Crippen molar-refractivity contribution in [2.75, 3.05) is 5.32 Å². The third-order valence-corrected chi connectivity index (χ3v) is 2.45. The maximum atomic E-state index is 13.3. The molecule has 0 aliphatic carbocycles. The molecule has 1 heterocycles. The maximum Gasteiger partial charge on any atom is 0.259 e. The molecule has 2 rings (SSSR count). The number of benzene rings is 1. The molecular formula is C12H9FN4O. The van der Waals surface area contributed by atoms with Gasteiger partial charge in [0.1, 0.15) is 17.4 Å². The summed E-state index contributed by atoms with van der Waals surface area (Å²) < 4.78 is 13.3. The minimum atomic E-state index is -0.667. The number of nitrogens with zero attached hydrogens (tertiary/aromatic N) is 2. The summed E-state index contributed by atoms with van der Waals surface area (Å²) in [5, 5.41) is 17.7. The number of halogens is 1. The Kier molecular flexibility index (Phi) is 3.06. The number of aryl methyl sites for hydroxylation is 1. The average molecular weight is 244 g/mol. The maximum absolute atomic E-state index is 13.3. The molecule has 2 N–H and O–H groups in total. The van der Waals surface area contributed by atoms with Crippen LogP contribution in [0.15, 0.2) is 24.4 Å². The van der Waals surface area contributed by atoms with Crippen LogP contribution < -0.4 is 5.32 Å². The minimum absolute atomic E-state index is 0.142. The molecule has 1 aromatic carbocycles. The predicted molar refractivity (Wildman–Crippen MR) is 62.4 cm³/mol. The van der Waals surface area contributed by atoms with Gasteiger partial charge in [-0.2, -0.15) is 10.4 Å². The number of nitriles is 1. The molecule has 0 fully saturated rings. The van der Waals surface area contributed by atoms with Crippen LogP contribution in [0.3, 0.4) is 0 Å². The molecule has 2 aromatic rings. The number of carbonyl (C=O) groups is 1. The van der Waals surface area contributed by atoms with Crippen molar-refractivity contribution < 1.29 is 9.18 Å². The molecule has 0 radical (unpaired) electrons. The highest BCUT2D eigenvalue weighted by molar-refractivity contribution is 6.05. The number of hydrogen-bond donors (Lipinski definition) is 2. The van der Waals surface area contributed by atoms with Crippen LogP contribution in [-0.2, 0) is 0 Å². The molecule has 0 bridgehead atoms. The molecule has 0 unspecified atom stereocenters. The largest absolute Gasteiger partial charge is 0.321 e. The summed E-state index contributed by atoms with van der Waals surface area (Å²) in [7, 11) is 0. The van der Waals surface area contributed by atoms with E-state index in [-0.39, 0.29) is 11.3 Å². The van der Waals surface area contributed by atoms with Crippen LogP contribution in [0.1, 0.15) is 21.6 Å². The van der Waals surface area contributed by atoms with Gasteiger partial charge in [-0.25, -0.2) is 4.39 Å². The standard InChI is InChI=1S/C12H9FN4O/c1-7-9(6-15-17-7)12(18)16-11-4-2-3-10(13)8(11)5-14/h2-4,6H,1H3,(H,15,17)(H,16,18). The Morgan fingerprint density at radius 3 is 2.94 bits per heavy atom. The summed E-state index contributed by atoms with van der Waals surface area (Å²) in [6.07, 6.45) is 1.37. The zero-order valence-corrected chi connectivity index (χ0v) is 9.49. The molecule has 0 aliphatic heterocycles. The second kappa shape index (κ2) is 4.67. The van der Waals surface area contributed by atoms with Gasteiger partial charge in [-0.05, 0) is 19.1 Å². The molecule has 1 amide bonds. The molecule has 0 atom stereocenters. The molecule has 6 heteroatoms. The quantitative estimate of drug-likeness (QED) is 0.847. The summed E-state index contributed by atoms with van der Waals surface area (Å²) in [4.78, 5) is 11.9. The first-order valence-corrected chi connectivity index (χ1v) is 5.13. The fourth-order valence-electron chi connectivity index (χ4n) is 1.51. The Morgan fingerprint density at radius 1 is 1.56 bits per heavy atom. The van der Waals surface area contributed by atoms with Crippen LogP contribution in [0, 0.1) is 24.1 Å². The van der Waals surface area contributed by atoms with E-state index in [1.54, 1.807) is 13.0 Å². The molecule has 0 saturated carbocycles. The summed E-state index contributed by atoms with van der Waals surface area (Å²) in [5.74, 6) is -1.11.